The molecule has 0 spiro atoms. The highest BCUT2D eigenvalue weighted by molar-refractivity contribution is 9.10. The van der Waals surface area contributed by atoms with E-state index in [0.717, 1.165) is 12.8 Å². The van der Waals surface area contributed by atoms with E-state index in [2.05, 4.69) is 26.0 Å². The second-order valence-corrected chi connectivity index (χ2v) is 8.32. The molecule has 1 atom stereocenters. The number of aryl methyl sites for hydroxylation is 1. The predicted molar refractivity (Wildman–Crippen MR) is 105 cm³/mol. The minimum atomic E-state index is -4.02. The van der Waals surface area contributed by atoms with Gasteiger partial charge in [-0.05, 0) is 53.4 Å². The van der Waals surface area contributed by atoms with Crippen LogP contribution in [0.15, 0.2) is 51.8 Å². The van der Waals surface area contributed by atoms with Crippen molar-refractivity contribution in [1.82, 2.24) is 0 Å². The van der Waals surface area contributed by atoms with Crippen molar-refractivity contribution < 1.29 is 17.9 Å². The van der Waals surface area contributed by atoms with Crippen molar-refractivity contribution in [1.29, 1.82) is 0 Å². The van der Waals surface area contributed by atoms with E-state index in [1.54, 1.807) is 0 Å². The SMILES string of the molecule is COC(=O)c1cc(S(N)(=O)=O)c(NC(C)CCc2ccccc2)cc1Br. The quantitative estimate of drug-likeness (QED) is 0.643. The Balaban J connectivity index is 2.24. The third-order valence-electron chi connectivity index (χ3n) is 3.89. The maximum Gasteiger partial charge on any atom is 0.339 e. The fraction of sp³-hybridized carbons (Fsp3) is 0.278. The van der Waals surface area contributed by atoms with Gasteiger partial charge in [-0.3, -0.25) is 0 Å². The average molecular weight is 441 g/mol. The van der Waals surface area contributed by atoms with Crippen LogP contribution in [-0.4, -0.2) is 27.5 Å². The van der Waals surface area contributed by atoms with Crippen LogP contribution < -0.4 is 10.5 Å². The van der Waals surface area contributed by atoms with Gasteiger partial charge in [0.05, 0.1) is 18.4 Å². The Morgan fingerprint density at radius 2 is 1.92 bits per heavy atom. The zero-order chi connectivity index (χ0) is 19.3. The number of nitrogens with one attached hydrogen (secondary N) is 1. The van der Waals surface area contributed by atoms with Crippen LogP contribution in [0.2, 0.25) is 0 Å². The van der Waals surface area contributed by atoms with Gasteiger partial charge in [-0.15, -0.1) is 0 Å². The molecular formula is C18H21BrN2O4S. The van der Waals surface area contributed by atoms with E-state index in [1.807, 2.05) is 37.3 Å². The number of carbonyl (C=O) groups excluding carboxylic acids is 1. The van der Waals surface area contributed by atoms with E-state index in [-0.39, 0.29) is 16.5 Å². The topological polar surface area (TPSA) is 98.5 Å². The van der Waals surface area contributed by atoms with Gasteiger partial charge in [0, 0.05) is 10.5 Å². The van der Waals surface area contributed by atoms with Crippen LogP contribution in [0.3, 0.4) is 0 Å². The summed E-state index contributed by atoms with van der Waals surface area (Å²) in [7, 11) is -2.79. The number of halogens is 1. The number of benzene rings is 2. The molecule has 3 N–H and O–H groups in total. The van der Waals surface area contributed by atoms with E-state index in [0.29, 0.717) is 10.2 Å². The van der Waals surface area contributed by atoms with Crippen LogP contribution in [-0.2, 0) is 21.2 Å². The Morgan fingerprint density at radius 1 is 1.27 bits per heavy atom. The number of esters is 1. The molecule has 0 radical (unpaired) electrons. The van der Waals surface area contributed by atoms with Gasteiger partial charge in [0.2, 0.25) is 10.0 Å². The molecule has 2 aromatic carbocycles. The van der Waals surface area contributed by atoms with Crippen LogP contribution in [0.4, 0.5) is 5.69 Å². The minimum absolute atomic E-state index is 0.00779. The van der Waals surface area contributed by atoms with Crippen molar-refractivity contribution in [3.63, 3.8) is 0 Å². The summed E-state index contributed by atoms with van der Waals surface area (Å²) in [5.74, 6) is -0.648. The molecule has 0 amide bonds. The molecule has 0 aliphatic carbocycles. The maximum absolute atomic E-state index is 12.0. The van der Waals surface area contributed by atoms with Gasteiger partial charge in [0.1, 0.15) is 4.90 Å². The van der Waals surface area contributed by atoms with Crippen LogP contribution >= 0.6 is 15.9 Å². The first-order valence-electron chi connectivity index (χ1n) is 7.97. The summed E-state index contributed by atoms with van der Waals surface area (Å²) in [6.45, 7) is 1.96. The molecule has 6 nitrogen and oxygen atoms in total. The first-order chi connectivity index (χ1) is 12.2. The number of hydrogen-bond acceptors (Lipinski definition) is 5. The van der Waals surface area contributed by atoms with Crippen molar-refractivity contribution >= 4 is 37.6 Å². The summed E-state index contributed by atoms with van der Waals surface area (Å²) in [5, 5.41) is 8.49. The van der Waals surface area contributed by atoms with Crippen LogP contribution in [0.5, 0.6) is 0 Å². The third-order valence-corrected chi connectivity index (χ3v) is 5.50. The first kappa shape index (κ1) is 20.4. The zero-order valence-corrected chi connectivity index (χ0v) is 16.9. The summed E-state index contributed by atoms with van der Waals surface area (Å²) >= 11 is 3.28. The molecular weight excluding hydrogens is 420 g/mol. The molecule has 2 rings (SSSR count). The molecule has 1 unspecified atom stereocenters. The van der Waals surface area contributed by atoms with Gasteiger partial charge in [-0.1, -0.05) is 30.3 Å². The molecule has 0 heterocycles. The second-order valence-electron chi connectivity index (χ2n) is 5.93. The van der Waals surface area contributed by atoms with Crippen molar-refractivity contribution in [3.05, 3.63) is 58.1 Å². The molecule has 0 saturated carbocycles. The van der Waals surface area contributed by atoms with Crippen molar-refractivity contribution in [3.8, 4) is 0 Å². The Hall–Kier alpha value is -1.90. The lowest BCUT2D eigenvalue weighted by molar-refractivity contribution is 0.0599. The largest absolute Gasteiger partial charge is 0.465 e. The van der Waals surface area contributed by atoms with E-state index < -0.39 is 16.0 Å². The summed E-state index contributed by atoms with van der Waals surface area (Å²) in [5.41, 5.74) is 1.64. The molecule has 8 heteroatoms. The molecule has 0 saturated heterocycles. The maximum atomic E-state index is 12.0. The highest BCUT2D eigenvalue weighted by atomic mass is 79.9. The fourth-order valence-electron chi connectivity index (χ4n) is 2.53. The Morgan fingerprint density at radius 3 is 2.50 bits per heavy atom. The molecule has 140 valence electrons. The Kier molecular flexibility index (Phi) is 6.80. The fourth-order valence-corrected chi connectivity index (χ4v) is 3.75. The van der Waals surface area contributed by atoms with Gasteiger partial charge < -0.3 is 10.1 Å². The van der Waals surface area contributed by atoms with E-state index in [1.165, 1.54) is 24.8 Å². The van der Waals surface area contributed by atoms with E-state index in [9.17, 15) is 13.2 Å². The van der Waals surface area contributed by atoms with Gasteiger partial charge in [0.15, 0.2) is 0 Å². The average Bonchev–Trinajstić information content (AvgIpc) is 2.59. The van der Waals surface area contributed by atoms with Crippen LogP contribution in [0.25, 0.3) is 0 Å². The lowest BCUT2D eigenvalue weighted by Gasteiger charge is -2.19. The molecule has 0 aromatic heterocycles. The number of methoxy groups -OCH3 is 1. The van der Waals surface area contributed by atoms with Gasteiger partial charge in [0.25, 0.3) is 0 Å². The van der Waals surface area contributed by atoms with Gasteiger partial charge in [-0.25, -0.2) is 18.4 Å². The van der Waals surface area contributed by atoms with Crippen molar-refractivity contribution in [2.45, 2.75) is 30.7 Å². The third kappa shape index (κ3) is 5.30. The number of primary sulfonamides is 1. The number of anilines is 1. The molecule has 0 fully saturated rings. The Labute approximate surface area is 161 Å². The highest BCUT2D eigenvalue weighted by Crippen LogP contribution is 2.30. The van der Waals surface area contributed by atoms with Crippen molar-refractivity contribution in [2.75, 3.05) is 12.4 Å². The van der Waals surface area contributed by atoms with Gasteiger partial charge >= 0.3 is 5.97 Å². The van der Waals surface area contributed by atoms with Crippen LogP contribution in [0, 0.1) is 0 Å². The lowest BCUT2D eigenvalue weighted by atomic mass is 10.1. The summed E-state index contributed by atoms with van der Waals surface area (Å²) in [6.07, 6.45) is 1.64. The van der Waals surface area contributed by atoms with Crippen molar-refractivity contribution in [2.24, 2.45) is 5.14 Å². The predicted octanol–water partition coefficient (Wildman–Crippen LogP) is 3.32. The minimum Gasteiger partial charge on any atom is -0.465 e. The number of carbonyl (C=O) groups is 1. The summed E-state index contributed by atoms with van der Waals surface area (Å²) in [6, 6.07) is 12.8. The monoisotopic (exact) mass is 440 g/mol. The number of sulfonamides is 1. The number of hydrogen-bond donors (Lipinski definition) is 2. The number of nitrogens with two attached hydrogens (primary N) is 1. The second kappa shape index (κ2) is 8.66. The van der Waals surface area contributed by atoms with E-state index >= 15 is 0 Å². The summed E-state index contributed by atoms with van der Waals surface area (Å²) in [4.78, 5) is 11.7. The first-order valence-corrected chi connectivity index (χ1v) is 10.3. The standard InChI is InChI=1S/C18H21BrN2O4S/c1-12(8-9-13-6-4-3-5-7-13)21-16-11-15(19)14(18(22)25-2)10-17(16)26(20,23)24/h3-7,10-12,21H,8-9H2,1-2H3,(H2,20,23,24). The normalized spacial score (nSPS) is 12.5. The lowest BCUT2D eigenvalue weighted by Crippen LogP contribution is -2.21. The molecule has 26 heavy (non-hydrogen) atoms. The van der Waals surface area contributed by atoms with E-state index in [4.69, 9.17) is 5.14 Å². The zero-order valence-electron chi connectivity index (χ0n) is 14.5. The molecule has 2 aromatic rings. The molecule has 0 bridgehead atoms. The van der Waals surface area contributed by atoms with Gasteiger partial charge in [-0.2, -0.15) is 0 Å². The number of ether oxygens (including phenoxy) is 1. The summed E-state index contributed by atoms with van der Waals surface area (Å²) < 4.78 is 29.0. The highest BCUT2D eigenvalue weighted by Gasteiger charge is 2.21. The Bertz CT molecular complexity index is 886. The molecule has 0 aliphatic heterocycles. The van der Waals surface area contributed by atoms with Crippen LogP contribution in [0.1, 0.15) is 29.3 Å². The number of rotatable bonds is 7. The smallest absolute Gasteiger partial charge is 0.339 e. The molecule has 0 aliphatic rings.